The molecule has 102 valence electrons. The van der Waals surface area contributed by atoms with E-state index in [1.807, 2.05) is 6.92 Å². The molecular weight excluding hydrogens is 246 g/mol. The van der Waals surface area contributed by atoms with E-state index in [1.165, 1.54) is 6.33 Å². The van der Waals surface area contributed by atoms with Crippen molar-refractivity contribution in [3.8, 4) is 0 Å². The summed E-state index contributed by atoms with van der Waals surface area (Å²) in [6.07, 6.45) is 2.97. The number of amides is 1. The maximum Gasteiger partial charge on any atom is 0.239 e. The lowest BCUT2D eigenvalue weighted by molar-refractivity contribution is -0.120. The fraction of sp³-hybridized carbons (Fsp3) is 0.455. The Labute approximate surface area is 110 Å². The van der Waals surface area contributed by atoms with Gasteiger partial charge in [0.2, 0.25) is 5.91 Å². The number of fused-ring (bicyclic) bond motifs is 1. The van der Waals surface area contributed by atoms with Crippen molar-refractivity contribution in [1.82, 2.24) is 25.3 Å². The molecule has 2 rings (SSSR count). The third kappa shape index (κ3) is 2.97. The number of rotatable bonds is 5. The maximum absolute atomic E-state index is 11.8. The first kappa shape index (κ1) is 13.2. The second-order valence-corrected chi connectivity index (χ2v) is 4.36. The number of aromatic amines is 1. The molecule has 0 saturated heterocycles. The Morgan fingerprint density at radius 1 is 1.53 bits per heavy atom. The van der Waals surface area contributed by atoms with E-state index in [-0.39, 0.29) is 18.5 Å². The molecule has 2 aromatic rings. The van der Waals surface area contributed by atoms with Gasteiger partial charge >= 0.3 is 0 Å². The van der Waals surface area contributed by atoms with Gasteiger partial charge in [0.25, 0.3) is 0 Å². The highest BCUT2D eigenvalue weighted by atomic mass is 16.2. The van der Waals surface area contributed by atoms with Crippen LogP contribution in [0.1, 0.15) is 6.92 Å². The minimum absolute atomic E-state index is 0.0431. The van der Waals surface area contributed by atoms with Crippen LogP contribution in [0.25, 0.3) is 11.2 Å². The van der Waals surface area contributed by atoms with Crippen molar-refractivity contribution in [2.75, 3.05) is 25.0 Å². The zero-order valence-electron chi connectivity index (χ0n) is 10.9. The molecule has 1 atom stereocenters. The molecule has 8 heteroatoms. The molecule has 19 heavy (non-hydrogen) atoms. The Morgan fingerprint density at radius 3 is 3.05 bits per heavy atom. The second kappa shape index (κ2) is 5.61. The maximum atomic E-state index is 11.8. The summed E-state index contributed by atoms with van der Waals surface area (Å²) in [5, 5.41) is 2.80. The number of nitrogens with two attached hydrogens (primary N) is 1. The first-order chi connectivity index (χ1) is 9.11. The van der Waals surface area contributed by atoms with E-state index in [0.717, 1.165) is 0 Å². The molecule has 2 aromatic heterocycles. The molecule has 0 aliphatic rings. The summed E-state index contributed by atoms with van der Waals surface area (Å²) in [5.74, 6) is 0.532. The van der Waals surface area contributed by atoms with Gasteiger partial charge in [-0.1, -0.05) is 0 Å². The van der Waals surface area contributed by atoms with Crippen molar-refractivity contribution in [1.29, 1.82) is 0 Å². The molecule has 1 amide bonds. The topological polar surface area (TPSA) is 113 Å². The fourth-order valence-corrected chi connectivity index (χ4v) is 1.71. The lowest BCUT2D eigenvalue weighted by Crippen LogP contribution is -2.43. The van der Waals surface area contributed by atoms with Crippen molar-refractivity contribution in [2.24, 2.45) is 5.73 Å². The Balaban J connectivity index is 2.09. The van der Waals surface area contributed by atoms with E-state index in [2.05, 4.69) is 25.3 Å². The van der Waals surface area contributed by atoms with Gasteiger partial charge in [0.1, 0.15) is 11.8 Å². The van der Waals surface area contributed by atoms with Crippen LogP contribution in [-0.4, -0.2) is 52.0 Å². The smallest absolute Gasteiger partial charge is 0.239 e. The van der Waals surface area contributed by atoms with Gasteiger partial charge in [-0.25, -0.2) is 15.0 Å². The molecule has 2 heterocycles. The van der Waals surface area contributed by atoms with Crippen LogP contribution in [0.15, 0.2) is 12.7 Å². The summed E-state index contributed by atoms with van der Waals surface area (Å²) in [7, 11) is 1.79. The summed E-state index contributed by atoms with van der Waals surface area (Å²) in [5.41, 5.74) is 6.75. The van der Waals surface area contributed by atoms with Crippen molar-refractivity contribution in [2.45, 2.75) is 13.0 Å². The largest absolute Gasteiger partial charge is 0.351 e. The highest BCUT2D eigenvalue weighted by molar-refractivity contribution is 5.87. The zero-order chi connectivity index (χ0) is 13.8. The number of carbonyl (C=O) groups is 1. The summed E-state index contributed by atoms with van der Waals surface area (Å²) >= 11 is 0. The average molecular weight is 263 g/mol. The van der Waals surface area contributed by atoms with Crippen LogP contribution in [0.3, 0.4) is 0 Å². The molecule has 0 aliphatic heterocycles. The Bertz CT molecular complexity index is 567. The van der Waals surface area contributed by atoms with Crippen molar-refractivity contribution in [3.63, 3.8) is 0 Å². The summed E-state index contributed by atoms with van der Waals surface area (Å²) < 4.78 is 0. The number of imidazole rings is 1. The van der Waals surface area contributed by atoms with E-state index in [4.69, 9.17) is 5.73 Å². The Morgan fingerprint density at radius 2 is 2.32 bits per heavy atom. The lowest BCUT2D eigenvalue weighted by atomic mass is 10.3. The van der Waals surface area contributed by atoms with Crippen molar-refractivity contribution in [3.05, 3.63) is 12.7 Å². The number of hydrogen-bond acceptors (Lipinski definition) is 6. The van der Waals surface area contributed by atoms with Gasteiger partial charge in [-0.2, -0.15) is 0 Å². The molecule has 0 saturated carbocycles. The van der Waals surface area contributed by atoms with Gasteiger partial charge in [-0.05, 0) is 6.92 Å². The highest BCUT2D eigenvalue weighted by Gasteiger charge is 2.14. The predicted molar refractivity (Wildman–Crippen MR) is 71.6 cm³/mol. The third-order valence-corrected chi connectivity index (χ3v) is 2.71. The number of nitrogens with one attached hydrogen (secondary N) is 2. The number of carbonyl (C=O) groups excluding carboxylic acids is 1. The molecule has 8 nitrogen and oxygen atoms in total. The van der Waals surface area contributed by atoms with E-state index >= 15 is 0 Å². The van der Waals surface area contributed by atoms with Gasteiger partial charge in [-0.3, -0.25) is 4.79 Å². The van der Waals surface area contributed by atoms with Crippen LogP contribution in [0, 0.1) is 0 Å². The predicted octanol–water partition coefficient (Wildman–Crippen LogP) is -0.747. The molecule has 0 bridgehead atoms. The van der Waals surface area contributed by atoms with Crippen LogP contribution in [-0.2, 0) is 4.79 Å². The molecule has 0 aliphatic carbocycles. The minimum atomic E-state index is -0.105. The van der Waals surface area contributed by atoms with E-state index in [1.54, 1.807) is 18.3 Å². The highest BCUT2D eigenvalue weighted by Crippen LogP contribution is 2.17. The average Bonchev–Trinajstić information content (AvgIpc) is 2.86. The number of hydrogen-bond donors (Lipinski definition) is 3. The second-order valence-electron chi connectivity index (χ2n) is 4.36. The molecule has 0 fully saturated rings. The van der Waals surface area contributed by atoms with Crippen molar-refractivity contribution >= 4 is 22.9 Å². The standard InChI is InChI=1S/C11H17N7O/c1-7(3-12)17-8(19)4-18(2)11-9-10(14-5-13-9)15-6-16-11/h5-7H,3-4,12H2,1-2H3,(H,17,19)(H,13,14,15,16)/t7-/m0/s1. The van der Waals surface area contributed by atoms with Gasteiger partial charge in [-0.15, -0.1) is 0 Å². The molecule has 0 unspecified atom stereocenters. The molecule has 0 radical (unpaired) electrons. The van der Waals surface area contributed by atoms with Crippen LogP contribution in [0.5, 0.6) is 0 Å². The lowest BCUT2D eigenvalue weighted by Gasteiger charge is -2.19. The summed E-state index contributed by atoms with van der Waals surface area (Å²) in [4.78, 5) is 28.7. The number of H-pyrrole nitrogens is 1. The molecule has 0 aromatic carbocycles. The van der Waals surface area contributed by atoms with Gasteiger partial charge < -0.3 is 20.9 Å². The molecular formula is C11H17N7O. The summed E-state index contributed by atoms with van der Waals surface area (Å²) in [6, 6.07) is -0.0431. The number of likely N-dealkylation sites (N-methyl/N-ethyl adjacent to an activating group) is 1. The third-order valence-electron chi connectivity index (χ3n) is 2.71. The van der Waals surface area contributed by atoms with E-state index < -0.39 is 0 Å². The quantitative estimate of drug-likeness (QED) is 0.654. The number of nitrogens with zero attached hydrogens (tertiary/aromatic N) is 4. The van der Waals surface area contributed by atoms with Gasteiger partial charge in [0.15, 0.2) is 11.5 Å². The van der Waals surface area contributed by atoms with E-state index in [9.17, 15) is 4.79 Å². The Kier molecular flexibility index (Phi) is 3.91. The van der Waals surface area contributed by atoms with Crippen LogP contribution in [0.2, 0.25) is 0 Å². The van der Waals surface area contributed by atoms with Crippen LogP contribution in [0.4, 0.5) is 5.82 Å². The first-order valence-corrected chi connectivity index (χ1v) is 5.96. The first-order valence-electron chi connectivity index (χ1n) is 5.96. The zero-order valence-corrected chi connectivity index (χ0v) is 10.9. The molecule has 4 N–H and O–H groups in total. The monoisotopic (exact) mass is 263 g/mol. The minimum Gasteiger partial charge on any atom is -0.351 e. The van der Waals surface area contributed by atoms with E-state index in [0.29, 0.717) is 23.5 Å². The number of aromatic nitrogens is 4. The SMILES string of the molecule is C[C@@H](CN)NC(=O)CN(C)c1ncnc2nc[nH]c12. The van der Waals surface area contributed by atoms with Gasteiger partial charge in [0, 0.05) is 19.6 Å². The normalized spacial score (nSPS) is 12.4. The van der Waals surface area contributed by atoms with Crippen LogP contribution < -0.4 is 16.0 Å². The van der Waals surface area contributed by atoms with Gasteiger partial charge in [0.05, 0.1) is 12.9 Å². The number of anilines is 1. The fourth-order valence-electron chi connectivity index (χ4n) is 1.71. The summed E-state index contributed by atoms with van der Waals surface area (Å²) in [6.45, 7) is 2.46. The Hall–Kier alpha value is -2.22. The molecule has 0 spiro atoms. The van der Waals surface area contributed by atoms with Crippen LogP contribution >= 0.6 is 0 Å². The van der Waals surface area contributed by atoms with Crippen molar-refractivity contribution < 1.29 is 4.79 Å².